The fourth-order valence-corrected chi connectivity index (χ4v) is 1.46. The topological polar surface area (TPSA) is 61.0 Å². The summed E-state index contributed by atoms with van der Waals surface area (Å²) in [5.41, 5.74) is 7.34. The maximum absolute atomic E-state index is 5.81. The molecule has 0 spiro atoms. The fourth-order valence-electron chi connectivity index (χ4n) is 1.26. The molecule has 0 saturated heterocycles. The van der Waals surface area contributed by atoms with Gasteiger partial charge in [-0.2, -0.15) is 0 Å². The van der Waals surface area contributed by atoms with Crippen molar-refractivity contribution in [2.75, 3.05) is 5.73 Å². The Kier molecular flexibility index (Phi) is 3.05. The van der Waals surface area contributed by atoms with Crippen molar-refractivity contribution < 1.29 is 4.74 Å². The molecule has 0 radical (unpaired) electrons. The van der Waals surface area contributed by atoms with Crippen LogP contribution in [-0.4, -0.2) is 9.97 Å². The smallest absolute Gasteiger partial charge is 0.322 e. The summed E-state index contributed by atoms with van der Waals surface area (Å²) in [5, 5.41) is 0. The zero-order chi connectivity index (χ0) is 11.5. The number of hydrogen-bond acceptors (Lipinski definition) is 4. The molecule has 1 aromatic carbocycles. The normalized spacial score (nSPS) is 10.1. The van der Waals surface area contributed by atoms with Crippen LogP contribution in [0.3, 0.4) is 0 Å². The molecule has 0 fully saturated rings. The van der Waals surface area contributed by atoms with Crippen LogP contribution in [0.4, 0.5) is 5.69 Å². The molecular weight excluding hydrogens is 270 g/mol. The van der Waals surface area contributed by atoms with Crippen LogP contribution in [0, 0.1) is 6.92 Å². The van der Waals surface area contributed by atoms with E-state index in [0.717, 1.165) is 10.0 Å². The van der Waals surface area contributed by atoms with Crippen molar-refractivity contribution in [2.24, 2.45) is 0 Å². The van der Waals surface area contributed by atoms with Crippen molar-refractivity contribution >= 4 is 21.6 Å². The van der Waals surface area contributed by atoms with Gasteiger partial charge in [-0.05, 0) is 34.5 Å². The second kappa shape index (κ2) is 4.49. The highest BCUT2D eigenvalue weighted by atomic mass is 79.9. The summed E-state index contributed by atoms with van der Waals surface area (Å²) >= 11 is 3.25. The number of anilines is 1. The Balaban J connectivity index is 2.30. The minimum Gasteiger partial charge on any atom is -0.422 e. The van der Waals surface area contributed by atoms with Crippen molar-refractivity contribution in [3.05, 3.63) is 40.6 Å². The monoisotopic (exact) mass is 279 g/mol. The summed E-state index contributed by atoms with van der Waals surface area (Å²) in [6, 6.07) is 5.86. The minimum atomic E-state index is 0.282. The van der Waals surface area contributed by atoms with E-state index in [4.69, 9.17) is 10.5 Å². The van der Waals surface area contributed by atoms with Gasteiger partial charge in [0.05, 0.1) is 10.2 Å². The molecule has 4 nitrogen and oxygen atoms in total. The SMILES string of the molecule is Cc1cccc(N)c1Oc1ncc(Br)cn1. The number of benzene rings is 1. The molecule has 0 aliphatic carbocycles. The Morgan fingerprint density at radius 2 is 1.94 bits per heavy atom. The lowest BCUT2D eigenvalue weighted by molar-refractivity contribution is 0.440. The Morgan fingerprint density at radius 3 is 2.56 bits per heavy atom. The number of aromatic nitrogens is 2. The molecule has 1 heterocycles. The fraction of sp³-hybridized carbons (Fsp3) is 0.0909. The van der Waals surface area contributed by atoms with Crippen molar-refractivity contribution in [3.8, 4) is 11.8 Å². The van der Waals surface area contributed by atoms with Crippen molar-refractivity contribution in [3.63, 3.8) is 0 Å². The van der Waals surface area contributed by atoms with Crippen molar-refractivity contribution in [2.45, 2.75) is 6.92 Å². The summed E-state index contributed by atoms with van der Waals surface area (Å²) in [6.45, 7) is 1.92. The van der Waals surface area contributed by atoms with Gasteiger partial charge in [0.2, 0.25) is 0 Å². The third kappa shape index (κ3) is 2.30. The van der Waals surface area contributed by atoms with E-state index in [1.54, 1.807) is 18.5 Å². The van der Waals surface area contributed by atoms with Gasteiger partial charge in [-0.3, -0.25) is 0 Å². The van der Waals surface area contributed by atoms with Gasteiger partial charge < -0.3 is 10.5 Å². The molecule has 16 heavy (non-hydrogen) atoms. The molecule has 2 aromatic rings. The maximum atomic E-state index is 5.81. The molecule has 1 aromatic heterocycles. The lowest BCUT2D eigenvalue weighted by atomic mass is 10.2. The van der Waals surface area contributed by atoms with Crippen LogP contribution in [0.25, 0.3) is 0 Å². The molecular formula is C11H10BrN3O. The van der Waals surface area contributed by atoms with Crippen LogP contribution >= 0.6 is 15.9 Å². The number of nitrogens with zero attached hydrogens (tertiary/aromatic N) is 2. The van der Waals surface area contributed by atoms with E-state index in [1.165, 1.54) is 0 Å². The highest BCUT2D eigenvalue weighted by Crippen LogP contribution is 2.28. The number of hydrogen-bond donors (Lipinski definition) is 1. The predicted octanol–water partition coefficient (Wildman–Crippen LogP) is 2.92. The Hall–Kier alpha value is -1.62. The number of ether oxygens (including phenoxy) is 1. The van der Waals surface area contributed by atoms with Gasteiger partial charge >= 0.3 is 6.01 Å². The molecule has 82 valence electrons. The van der Waals surface area contributed by atoms with Crippen LogP contribution in [0.1, 0.15) is 5.56 Å². The van der Waals surface area contributed by atoms with Crippen LogP contribution in [-0.2, 0) is 0 Å². The minimum absolute atomic E-state index is 0.282. The van der Waals surface area contributed by atoms with E-state index >= 15 is 0 Å². The third-order valence-corrected chi connectivity index (χ3v) is 2.44. The first kappa shape index (κ1) is 10.9. The first-order chi connectivity index (χ1) is 7.66. The van der Waals surface area contributed by atoms with E-state index < -0.39 is 0 Å². The highest BCUT2D eigenvalue weighted by Gasteiger charge is 2.06. The van der Waals surface area contributed by atoms with Gasteiger partial charge in [0.25, 0.3) is 0 Å². The molecule has 2 N–H and O–H groups in total. The first-order valence-corrected chi connectivity index (χ1v) is 5.46. The van der Waals surface area contributed by atoms with E-state index in [0.29, 0.717) is 11.4 Å². The Labute approximate surface area is 102 Å². The zero-order valence-electron chi connectivity index (χ0n) is 8.64. The van der Waals surface area contributed by atoms with E-state index in [9.17, 15) is 0 Å². The molecule has 2 rings (SSSR count). The standard InChI is InChI=1S/C11H10BrN3O/c1-7-3-2-4-9(13)10(7)16-11-14-5-8(12)6-15-11/h2-6H,13H2,1H3. The van der Waals surface area contributed by atoms with Gasteiger partial charge in [0.1, 0.15) is 0 Å². The van der Waals surface area contributed by atoms with Crippen LogP contribution in [0.2, 0.25) is 0 Å². The largest absolute Gasteiger partial charge is 0.422 e. The molecule has 0 aliphatic heterocycles. The molecule has 0 aliphatic rings. The summed E-state index contributed by atoms with van der Waals surface area (Å²) < 4.78 is 6.33. The quantitative estimate of drug-likeness (QED) is 0.859. The van der Waals surface area contributed by atoms with E-state index in [1.807, 2.05) is 19.1 Å². The average molecular weight is 280 g/mol. The second-order valence-electron chi connectivity index (χ2n) is 3.28. The second-order valence-corrected chi connectivity index (χ2v) is 4.19. The molecule has 0 amide bonds. The van der Waals surface area contributed by atoms with Crippen molar-refractivity contribution in [1.29, 1.82) is 0 Å². The number of nitrogens with two attached hydrogens (primary N) is 1. The highest BCUT2D eigenvalue weighted by molar-refractivity contribution is 9.10. The maximum Gasteiger partial charge on any atom is 0.322 e. The third-order valence-electron chi connectivity index (χ3n) is 2.03. The molecule has 0 bridgehead atoms. The molecule has 5 heteroatoms. The first-order valence-electron chi connectivity index (χ1n) is 4.67. The number of para-hydroxylation sites is 1. The number of rotatable bonds is 2. The summed E-state index contributed by atoms with van der Waals surface area (Å²) in [6.07, 6.45) is 3.24. The number of halogens is 1. The predicted molar refractivity (Wildman–Crippen MR) is 65.4 cm³/mol. The van der Waals surface area contributed by atoms with Crippen LogP contribution < -0.4 is 10.5 Å². The van der Waals surface area contributed by atoms with E-state index in [2.05, 4.69) is 25.9 Å². The van der Waals surface area contributed by atoms with Gasteiger partial charge in [-0.15, -0.1) is 0 Å². The average Bonchev–Trinajstić information content (AvgIpc) is 2.26. The number of aryl methyl sites for hydroxylation is 1. The Morgan fingerprint density at radius 1 is 1.25 bits per heavy atom. The number of nitrogen functional groups attached to an aromatic ring is 1. The van der Waals surface area contributed by atoms with Gasteiger partial charge in [-0.1, -0.05) is 12.1 Å². The Bertz CT molecular complexity index is 479. The van der Waals surface area contributed by atoms with Crippen LogP contribution in [0.15, 0.2) is 35.1 Å². The van der Waals surface area contributed by atoms with Gasteiger partial charge in [-0.25, -0.2) is 9.97 Å². The van der Waals surface area contributed by atoms with E-state index in [-0.39, 0.29) is 6.01 Å². The van der Waals surface area contributed by atoms with Gasteiger partial charge in [0.15, 0.2) is 5.75 Å². The zero-order valence-corrected chi connectivity index (χ0v) is 10.2. The van der Waals surface area contributed by atoms with Gasteiger partial charge in [0, 0.05) is 12.4 Å². The van der Waals surface area contributed by atoms with Crippen LogP contribution in [0.5, 0.6) is 11.8 Å². The summed E-state index contributed by atoms with van der Waals surface area (Å²) in [4.78, 5) is 8.04. The lowest BCUT2D eigenvalue weighted by Crippen LogP contribution is -1.97. The summed E-state index contributed by atoms with van der Waals surface area (Å²) in [7, 11) is 0. The lowest BCUT2D eigenvalue weighted by Gasteiger charge is -2.08. The molecule has 0 unspecified atom stereocenters. The molecule has 0 saturated carbocycles. The molecule has 0 atom stereocenters. The summed E-state index contributed by atoms with van der Waals surface area (Å²) in [5.74, 6) is 0.602. The van der Waals surface area contributed by atoms with Crippen molar-refractivity contribution in [1.82, 2.24) is 9.97 Å².